The Bertz CT molecular complexity index is 304. The van der Waals surface area contributed by atoms with E-state index >= 15 is 0 Å². The summed E-state index contributed by atoms with van der Waals surface area (Å²) in [4.78, 5) is 0. The van der Waals surface area contributed by atoms with Gasteiger partial charge in [-0.05, 0) is 45.0 Å². The van der Waals surface area contributed by atoms with E-state index in [2.05, 4.69) is 0 Å². The molecule has 0 saturated carbocycles. The maximum atomic E-state index is 5.60. The highest BCUT2D eigenvalue weighted by molar-refractivity contribution is 5.31. The topological polar surface area (TPSA) is 36.9 Å². The smallest absolute Gasteiger partial charge is 0.191 e. The molecular weight excluding hydrogens is 232 g/mol. The second-order valence-electron chi connectivity index (χ2n) is 3.56. The van der Waals surface area contributed by atoms with Gasteiger partial charge in [0.1, 0.15) is 18.1 Å². The van der Waals surface area contributed by atoms with Crippen LogP contribution in [0.25, 0.3) is 0 Å². The van der Waals surface area contributed by atoms with E-state index in [1.807, 2.05) is 45.0 Å². The van der Waals surface area contributed by atoms with Crippen LogP contribution in [0.3, 0.4) is 0 Å². The molecular formula is C14H22O4. The maximum absolute atomic E-state index is 5.60. The van der Waals surface area contributed by atoms with Crippen molar-refractivity contribution in [3.63, 3.8) is 0 Å². The Balaban J connectivity index is 2.41. The molecule has 1 rings (SSSR count). The number of rotatable bonds is 9. The Morgan fingerprint density at radius 3 is 1.72 bits per heavy atom. The molecule has 1 aromatic carbocycles. The van der Waals surface area contributed by atoms with Gasteiger partial charge in [-0.2, -0.15) is 0 Å². The Morgan fingerprint density at radius 2 is 1.28 bits per heavy atom. The van der Waals surface area contributed by atoms with Gasteiger partial charge < -0.3 is 18.9 Å². The van der Waals surface area contributed by atoms with Crippen molar-refractivity contribution in [3.8, 4) is 11.5 Å². The fourth-order valence-electron chi connectivity index (χ4n) is 1.48. The van der Waals surface area contributed by atoms with Gasteiger partial charge in [0.15, 0.2) is 6.29 Å². The van der Waals surface area contributed by atoms with Crippen molar-refractivity contribution in [3.05, 3.63) is 24.3 Å². The molecule has 0 aliphatic rings. The molecule has 0 radical (unpaired) electrons. The third-order valence-corrected chi connectivity index (χ3v) is 2.23. The normalized spacial score (nSPS) is 10.7. The van der Waals surface area contributed by atoms with Crippen LogP contribution in [0.2, 0.25) is 0 Å². The fraction of sp³-hybridized carbons (Fsp3) is 0.571. The van der Waals surface area contributed by atoms with E-state index in [0.717, 1.165) is 11.5 Å². The Morgan fingerprint density at radius 1 is 0.778 bits per heavy atom. The number of hydrogen-bond donors (Lipinski definition) is 0. The average molecular weight is 254 g/mol. The Kier molecular flexibility index (Phi) is 7.22. The van der Waals surface area contributed by atoms with E-state index in [1.54, 1.807) is 0 Å². The third-order valence-electron chi connectivity index (χ3n) is 2.23. The Labute approximate surface area is 109 Å². The number of hydrogen-bond acceptors (Lipinski definition) is 4. The first-order chi connectivity index (χ1) is 8.80. The van der Waals surface area contributed by atoms with E-state index in [-0.39, 0.29) is 6.29 Å². The van der Waals surface area contributed by atoms with Crippen molar-refractivity contribution in [2.24, 2.45) is 0 Å². The molecule has 0 fully saturated rings. The molecule has 0 heterocycles. The van der Waals surface area contributed by atoms with Crippen molar-refractivity contribution in [1.82, 2.24) is 0 Å². The maximum Gasteiger partial charge on any atom is 0.191 e. The van der Waals surface area contributed by atoms with Gasteiger partial charge in [0.2, 0.25) is 0 Å². The molecule has 0 aliphatic heterocycles. The molecule has 0 unspecified atom stereocenters. The predicted molar refractivity (Wildman–Crippen MR) is 70.1 cm³/mol. The summed E-state index contributed by atoms with van der Waals surface area (Å²) in [6.45, 7) is 8.09. The fourth-order valence-corrected chi connectivity index (χ4v) is 1.48. The van der Waals surface area contributed by atoms with Crippen LogP contribution in [0, 0.1) is 0 Å². The lowest BCUT2D eigenvalue weighted by Gasteiger charge is -2.17. The first kappa shape index (κ1) is 14.8. The van der Waals surface area contributed by atoms with E-state index in [4.69, 9.17) is 18.9 Å². The van der Waals surface area contributed by atoms with Gasteiger partial charge in [0, 0.05) is 13.2 Å². The van der Waals surface area contributed by atoms with Crippen LogP contribution in [-0.2, 0) is 9.47 Å². The molecule has 18 heavy (non-hydrogen) atoms. The first-order valence-electron chi connectivity index (χ1n) is 6.39. The van der Waals surface area contributed by atoms with Gasteiger partial charge in [0.05, 0.1) is 6.61 Å². The van der Waals surface area contributed by atoms with Crippen molar-refractivity contribution in [2.75, 3.05) is 26.4 Å². The standard InChI is InChI=1S/C14H22O4/c1-4-15-12-7-9-13(10-8-12)18-11-14(16-5-2)17-6-3/h7-10,14H,4-6,11H2,1-3H3. The van der Waals surface area contributed by atoms with E-state index < -0.39 is 0 Å². The minimum Gasteiger partial charge on any atom is -0.494 e. The highest BCUT2D eigenvalue weighted by atomic mass is 16.7. The van der Waals surface area contributed by atoms with Crippen molar-refractivity contribution < 1.29 is 18.9 Å². The van der Waals surface area contributed by atoms with Crippen LogP contribution in [0.1, 0.15) is 20.8 Å². The SMILES string of the molecule is CCOc1ccc(OCC(OCC)OCC)cc1. The van der Waals surface area contributed by atoms with Crippen molar-refractivity contribution >= 4 is 0 Å². The van der Waals surface area contributed by atoms with Crippen LogP contribution >= 0.6 is 0 Å². The molecule has 0 N–H and O–H groups in total. The zero-order valence-electron chi connectivity index (χ0n) is 11.3. The van der Waals surface area contributed by atoms with Crippen LogP contribution in [0.15, 0.2) is 24.3 Å². The third kappa shape index (κ3) is 5.38. The molecule has 4 heteroatoms. The highest BCUT2D eigenvalue weighted by Crippen LogP contribution is 2.17. The summed E-state index contributed by atoms with van der Waals surface area (Å²) in [5.74, 6) is 1.62. The van der Waals surface area contributed by atoms with E-state index in [9.17, 15) is 0 Å². The van der Waals surface area contributed by atoms with Gasteiger partial charge in [-0.1, -0.05) is 0 Å². The molecule has 0 saturated heterocycles. The summed E-state index contributed by atoms with van der Waals surface area (Å²) in [6.07, 6.45) is -0.313. The largest absolute Gasteiger partial charge is 0.494 e. The number of ether oxygens (including phenoxy) is 4. The zero-order chi connectivity index (χ0) is 13.2. The summed E-state index contributed by atoms with van der Waals surface area (Å²) >= 11 is 0. The molecule has 0 aliphatic carbocycles. The van der Waals surface area contributed by atoms with Gasteiger partial charge in [-0.25, -0.2) is 0 Å². The van der Waals surface area contributed by atoms with Gasteiger partial charge in [-0.15, -0.1) is 0 Å². The summed E-state index contributed by atoms with van der Waals surface area (Å²) in [6, 6.07) is 7.52. The quantitative estimate of drug-likeness (QED) is 0.635. The Hall–Kier alpha value is -1.26. The molecule has 0 aromatic heterocycles. The molecule has 0 amide bonds. The zero-order valence-corrected chi connectivity index (χ0v) is 11.3. The molecule has 0 spiro atoms. The lowest BCUT2D eigenvalue weighted by Crippen LogP contribution is -2.25. The van der Waals surface area contributed by atoms with Crippen molar-refractivity contribution in [2.45, 2.75) is 27.1 Å². The summed E-state index contributed by atoms with van der Waals surface area (Å²) < 4.78 is 21.7. The molecule has 0 bridgehead atoms. The summed E-state index contributed by atoms with van der Waals surface area (Å²) in [5.41, 5.74) is 0. The van der Waals surface area contributed by atoms with Crippen LogP contribution in [0.4, 0.5) is 0 Å². The molecule has 0 atom stereocenters. The number of benzene rings is 1. The second kappa shape index (κ2) is 8.78. The minimum atomic E-state index is -0.313. The van der Waals surface area contributed by atoms with Gasteiger partial charge in [0.25, 0.3) is 0 Å². The predicted octanol–water partition coefficient (Wildman–Crippen LogP) is 2.86. The summed E-state index contributed by atoms with van der Waals surface area (Å²) in [7, 11) is 0. The first-order valence-corrected chi connectivity index (χ1v) is 6.39. The second-order valence-corrected chi connectivity index (χ2v) is 3.56. The monoisotopic (exact) mass is 254 g/mol. The van der Waals surface area contributed by atoms with E-state index in [0.29, 0.717) is 26.4 Å². The summed E-state index contributed by atoms with van der Waals surface area (Å²) in [5, 5.41) is 0. The average Bonchev–Trinajstić information content (AvgIpc) is 2.38. The van der Waals surface area contributed by atoms with Crippen LogP contribution in [-0.4, -0.2) is 32.7 Å². The minimum absolute atomic E-state index is 0.313. The lowest BCUT2D eigenvalue weighted by molar-refractivity contribution is -0.152. The molecule has 1 aromatic rings. The molecule has 102 valence electrons. The lowest BCUT2D eigenvalue weighted by atomic mass is 10.3. The highest BCUT2D eigenvalue weighted by Gasteiger charge is 2.08. The van der Waals surface area contributed by atoms with Crippen LogP contribution < -0.4 is 9.47 Å². The van der Waals surface area contributed by atoms with Crippen molar-refractivity contribution in [1.29, 1.82) is 0 Å². The van der Waals surface area contributed by atoms with Gasteiger partial charge >= 0.3 is 0 Å². The van der Waals surface area contributed by atoms with Gasteiger partial charge in [-0.3, -0.25) is 0 Å². The van der Waals surface area contributed by atoms with Crippen LogP contribution in [0.5, 0.6) is 11.5 Å². The van der Waals surface area contributed by atoms with E-state index in [1.165, 1.54) is 0 Å². The molecule has 4 nitrogen and oxygen atoms in total.